The molecule has 0 unspecified atom stereocenters. The molecule has 2 rings (SSSR count). The van der Waals surface area contributed by atoms with Gasteiger partial charge >= 0.3 is 0 Å². The van der Waals surface area contributed by atoms with Crippen LogP contribution < -0.4 is 9.64 Å². The Labute approximate surface area is 118 Å². The zero-order chi connectivity index (χ0) is 13.7. The van der Waals surface area contributed by atoms with Crippen molar-refractivity contribution in [2.45, 2.75) is 6.42 Å². The van der Waals surface area contributed by atoms with Crippen molar-refractivity contribution < 1.29 is 9.13 Å². The number of hydrogen-bond acceptors (Lipinski definition) is 3. The first-order chi connectivity index (χ1) is 9.24. The lowest BCUT2D eigenvalue weighted by Gasteiger charge is -2.36. The Morgan fingerprint density at radius 1 is 1.26 bits per heavy atom. The average molecular weight is 287 g/mol. The number of halogens is 2. The molecule has 19 heavy (non-hydrogen) atoms. The van der Waals surface area contributed by atoms with Crippen LogP contribution in [0.15, 0.2) is 18.2 Å². The van der Waals surface area contributed by atoms with Gasteiger partial charge in [0.15, 0.2) is 0 Å². The molecule has 0 aliphatic carbocycles. The Bertz CT molecular complexity index is 408. The molecule has 0 aromatic heterocycles. The summed E-state index contributed by atoms with van der Waals surface area (Å²) in [5.41, 5.74) is 0.973. The van der Waals surface area contributed by atoms with Crippen molar-refractivity contribution in [1.29, 1.82) is 0 Å². The molecular formula is C14H20ClFN2O. The van der Waals surface area contributed by atoms with Crippen LogP contribution in [0.25, 0.3) is 0 Å². The van der Waals surface area contributed by atoms with Crippen molar-refractivity contribution in [2.24, 2.45) is 0 Å². The summed E-state index contributed by atoms with van der Waals surface area (Å²) in [6.07, 6.45) is 1.03. The van der Waals surface area contributed by atoms with E-state index in [1.165, 1.54) is 12.1 Å². The second-order valence-electron chi connectivity index (χ2n) is 4.69. The summed E-state index contributed by atoms with van der Waals surface area (Å²) >= 11 is 5.71. The lowest BCUT2D eigenvalue weighted by molar-refractivity contribution is 0.258. The first-order valence-corrected chi connectivity index (χ1v) is 7.15. The number of alkyl halides is 1. The van der Waals surface area contributed by atoms with Crippen LogP contribution >= 0.6 is 11.6 Å². The van der Waals surface area contributed by atoms with E-state index < -0.39 is 0 Å². The molecule has 0 radical (unpaired) electrons. The van der Waals surface area contributed by atoms with E-state index in [-0.39, 0.29) is 5.82 Å². The average Bonchev–Trinajstić information content (AvgIpc) is 2.45. The molecule has 1 aliphatic rings. The molecule has 106 valence electrons. The maximum absolute atomic E-state index is 13.2. The lowest BCUT2D eigenvalue weighted by atomic mass is 10.2. The third-order valence-electron chi connectivity index (χ3n) is 3.46. The zero-order valence-corrected chi connectivity index (χ0v) is 12.0. The highest BCUT2D eigenvalue weighted by Gasteiger charge is 2.19. The highest BCUT2D eigenvalue weighted by Crippen LogP contribution is 2.29. The monoisotopic (exact) mass is 286 g/mol. The summed E-state index contributed by atoms with van der Waals surface area (Å²) < 4.78 is 18.4. The normalized spacial score (nSPS) is 16.7. The number of benzene rings is 1. The Balaban J connectivity index is 1.97. The van der Waals surface area contributed by atoms with Crippen molar-refractivity contribution in [3.63, 3.8) is 0 Å². The fourth-order valence-electron chi connectivity index (χ4n) is 2.41. The van der Waals surface area contributed by atoms with Gasteiger partial charge in [0, 0.05) is 38.1 Å². The minimum absolute atomic E-state index is 0.263. The molecule has 1 aliphatic heterocycles. The Morgan fingerprint density at radius 2 is 2.00 bits per heavy atom. The van der Waals surface area contributed by atoms with Crippen LogP contribution in [0, 0.1) is 5.82 Å². The van der Waals surface area contributed by atoms with Crippen LogP contribution in [0.5, 0.6) is 5.75 Å². The Hall–Kier alpha value is -1.00. The number of ether oxygens (including phenoxy) is 1. The molecular weight excluding hydrogens is 267 g/mol. The summed E-state index contributed by atoms with van der Waals surface area (Å²) in [5, 5.41) is 0. The van der Waals surface area contributed by atoms with E-state index in [4.69, 9.17) is 16.3 Å². The van der Waals surface area contributed by atoms with Gasteiger partial charge in [-0.1, -0.05) is 0 Å². The van der Waals surface area contributed by atoms with Crippen LogP contribution in [-0.4, -0.2) is 50.6 Å². The van der Waals surface area contributed by atoms with E-state index in [1.807, 2.05) is 0 Å². The van der Waals surface area contributed by atoms with Crippen LogP contribution in [0.1, 0.15) is 6.42 Å². The zero-order valence-electron chi connectivity index (χ0n) is 11.2. The number of hydrogen-bond donors (Lipinski definition) is 0. The van der Waals surface area contributed by atoms with Gasteiger partial charge in [-0.15, -0.1) is 11.6 Å². The topological polar surface area (TPSA) is 15.7 Å². The van der Waals surface area contributed by atoms with E-state index in [2.05, 4.69) is 9.80 Å². The predicted octanol–water partition coefficient (Wildman–Crippen LogP) is 2.59. The fraction of sp³-hybridized carbons (Fsp3) is 0.571. The van der Waals surface area contributed by atoms with E-state index in [0.29, 0.717) is 11.6 Å². The van der Waals surface area contributed by atoms with Crippen molar-refractivity contribution in [2.75, 3.05) is 50.6 Å². The molecule has 1 heterocycles. The number of rotatable bonds is 5. The molecule has 3 nitrogen and oxygen atoms in total. The third-order valence-corrected chi connectivity index (χ3v) is 3.73. The standard InChI is InChI=1S/C14H20ClFN2O/c1-19-14-11-12(16)3-4-13(14)18-9-7-17(8-10-18)6-2-5-15/h3-4,11H,2,5-10H2,1H3. The van der Waals surface area contributed by atoms with Gasteiger partial charge in [-0.2, -0.15) is 0 Å². The second-order valence-corrected chi connectivity index (χ2v) is 5.07. The molecule has 0 spiro atoms. The van der Waals surface area contributed by atoms with Gasteiger partial charge < -0.3 is 9.64 Å². The third kappa shape index (κ3) is 3.74. The van der Waals surface area contributed by atoms with Crippen LogP contribution in [-0.2, 0) is 0 Å². The van der Waals surface area contributed by atoms with Gasteiger partial charge in [-0.25, -0.2) is 4.39 Å². The highest BCUT2D eigenvalue weighted by molar-refractivity contribution is 6.17. The summed E-state index contributed by atoms with van der Waals surface area (Å²) in [6.45, 7) is 4.95. The minimum atomic E-state index is -0.263. The Morgan fingerprint density at radius 3 is 2.63 bits per heavy atom. The van der Waals surface area contributed by atoms with Crippen molar-refractivity contribution in [3.8, 4) is 5.75 Å². The molecule has 1 aromatic carbocycles. The summed E-state index contributed by atoms with van der Waals surface area (Å²) in [5.74, 6) is 1.06. The minimum Gasteiger partial charge on any atom is -0.494 e. The number of piperazine rings is 1. The summed E-state index contributed by atoms with van der Waals surface area (Å²) in [6, 6.07) is 4.72. The smallest absolute Gasteiger partial charge is 0.145 e. The number of nitrogens with zero attached hydrogens (tertiary/aromatic N) is 2. The maximum atomic E-state index is 13.2. The van der Waals surface area contributed by atoms with Gasteiger partial charge in [-0.05, 0) is 25.1 Å². The first-order valence-electron chi connectivity index (χ1n) is 6.61. The number of methoxy groups -OCH3 is 1. The molecule has 0 bridgehead atoms. The molecule has 5 heteroatoms. The molecule has 1 fully saturated rings. The Kier molecular flexibility index (Phi) is 5.28. The summed E-state index contributed by atoms with van der Waals surface area (Å²) in [4.78, 5) is 4.66. The van der Waals surface area contributed by atoms with Crippen molar-refractivity contribution in [1.82, 2.24) is 4.90 Å². The first kappa shape index (κ1) is 14.4. The van der Waals surface area contributed by atoms with Crippen molar-refractivity contribution in [3.05, 3.63) is 24.0 Å². The van der Waals surface area contributed by atoms with E-state index >= 15 is 0 Å². The second kappa shape index (κ2) is 6.96. The molecule has 0 saturated carbocycles. The van der Waals surface area contributed by atoms with Gasteiger partial charge in [0.05, 0.1) is 12.8 Å². The van der Waals surface area contributed by atoms with E-state index in [9.17, 15) is 4.39 Å². The van der Waals surface area contributed by atoms with E-state index in [0.717, 1.165) is 44.8 Å². The predicted molar refractivity (Wildman–Crippen MR) is 76.9 cm³/mol. The SMILES string of the molecule is COc1cc(F)ccc1N1CCN(CCCCl)CC1. The molecule has 0 atom stereocenters. The highest BCUT2D eigenvalue weighted by atomic mass is 35.5. The van der Waals surface area contributed by atoms with Gasteiger partial charge in [0.25, 0.3) is 0 Å². The largest absolute Gasteiger partial charge is 0.494 e. The van der Waals surface area contributed by atoms with Crippen LogP contribution in [0.4, 0.5) is 10.1 Å². The number of anilines is 1. The van der Waals surface area contributed by atoms with E-state index in [1.54, 1.807) is 13.2 Å². The van der Waals surface area contributed by atoms with Gasteiger partial charge in [0.1, 0.15) is 11.6 Å². The van der Waals surface area contributed by atoms with Crippen LogP contribution in [0.3, 0.4) is 0 Å². The molecule has 0 N–H and O–H groups in total. The molecule has 1 saturated heterocycles. The molecule has 1 aromatic rings. The van der Waals surface area contributed by atoms with Gasteiger partial charge in [0.2, 0.25) is 0 Å². The van der Waals surface area contributed by atoms with Crippen molar-refractivity contribution >= 4 is 17.3 Å². The molecule has 0 amide bonds. The maximum Gasteiger partial charge on any atom is 0.145 e. The summed E-state index contributed by atoms with van der Waals surface area (Å²) in [7, 11) is 1.58. The quantitative estimate of drug-likeness (QED) is 0.774. The van der Waals surface area contributed by atoms with Crippen LogP contribution in [0.2, 0.25) is 0 Å². The fourth-order valence-corrected chi connectivity index (χ4v) is 2.53. The van der Waals surface area contributed by atoms with Gasteiger partial charge in [-0.3, -0.25) is 4.90 Å². The lowest BCUT2D eigenvalue weighted by Crippen LogP contribution is -2.46.